The highest BCUT2D eigenvalue weighted by atomic mass is 32.2. The average molecular weight is 772 g/mol. The van der Waals surface area contributed by atoms with Crippen LogP contribution in [0.5, 0.6) is 0 Å². The van der Waals surface area contributed by atoms with E-state index in [4.69, 9.17) is 6.42 Å². The molecule has 1 aliphatic heterocycles. The summed E-state index contributed by atoms with van der Waals surface area (Å²) in [6.45, 7) is 11.7. The number of amides is 5. The fourth-order valence-electron chi connectivity index (χ4n) is 9.81. The second-order valence-corrected chi connectivity index (χ2v) is 21.3. The van der Waals surface area contributed by atoms with Crippen LogP contribution in [0.15, 0.2) is 0 Å². The van der Waals surface area contributed by atoms with E-state index in [1.54, 1.807) is 18.7 Å². The van der Waals surface area contributed by atoms with Gasteiger partial charge < -0.3 is 26.2 Å². The number of hydrogen-bond acceptors (Lipinski definition) is 7. The molecule has 1 heterocycles. The Hall–Kier alpha value is -3.14. The van der Waals surface area contributed by atoms with Gasteiger partial charge in [-0.15, -0.1) is 6.42 Å². The number of nitrogens with one attached hydrogen (secondary N) is 4. The first kappa shape index (κ1) is 42.0. The summed E-state index contributed by atoms with van der Waals surface area (Å²) in [6.07, 6.45) is 16.8. The number of piperidine rings is 1. The van der Waals surface area contributed by atoms with Crippen LogP contribution < -0.4 is 21.3 Å². The molecule has 4 N–H and O–H groups in total. The number of nitrogens with zero attached hydrogens (tertiary/aromatic N) is 1. The molecular weight excluding hydrogens is 707 g/mol. The quantitative estimate of drug-likeness (QED) is 0.141. The van der Waals surface area contributed by atoms with Gasteiger partial charge in [0.15, 0.2) is 9.84 Å². The van der Waals surface area contributed by atoms with Gasteiger partial charge in [-0.25, -0.2) is 13.2 Å². The number of Topliss-reactive ketones (excluding diaryl/α,β-unsaturated/α-hetero) is 1. The first-order valence-corrected chi connectivity index (χ1v) is 22.1. The lowest BCUT2D eigenvalue weighted by molar-refractivity contribution is -0.146. The van der Waals surface area contributed by atoms with E-state index in [0.29, 0.717) is 45.1 Å². The maximum Gasteiger partial charge on any atom is 0.315 e. The van der Waals surface area contributed by atoms with Crippen molar-refractivity contribution >= 4 is 39.4 Å². The Balaban J connectivity index is 1.40. The Morgan fingerprint density at radius 3 is 2.07 bits per heavy atom. The Bertz CT molecular complexity index is 1600. The smallest absolute Gasteiger partial charge is 0.315 e. The molecule has 54 heavy (non-hydrogen) atoms. The predicted molar refractivity (Wildman–Crippen MR) is 208 cm³/mol. The molecule has 4 saturated carbocycles. The topological polar surface area (TPSA) is 171 Å². The van der Waals surface area contributed by atoms with Crippen molar-refractivity contribution in [1.29, 1.82) is 0 Å². The molecule has 5 fully saturated rings. The van der Waals surface area contributed by atoms with Crippen molar-refractivity contribution in [3.05, 3.63) is 0 Å². The zero-order valence-corrected chi connectivity index (χ0v) is 34.3. The highest BCUT2D eigenvalue weighted by molar-refractivity contribution is 7.92. The third-order valence-electron chi connectivity index (χ3n) is 14.3. The molecule has 302 valence electrons. The molecule has 4 aliphatic carbocycles. The Labute approximate surface area is 323 Å². The van der Waals surface area contributed by atoms with Crippen LogP contribution in [0.4, 0.5) is 4.79 Å². The largest absolute Gasteiger partial charge is 0.344 e. The lowest BCUT2D eigenvalue weighted by Gasteiger charge is -2.44. The average Bonchev–Trinajstić information content (AvgIpc) is 3.40. The number of sulfone groups is 1. The van der Waals surface area contributed by atoms with E-state index in [0.717, 1.165) is 57.8 Å². The monoisotopic (exact) mass is 771 g/mol. The lowest BCUT2D eigenvalue weighted by atomic mass is 9.70. The summed E-state index contributed by atoms with van der Waals surface area (Å²) in [5.74, 6) is -0.157. The van der Waals surface area contributed by atoms with Crippen molar-refractivity contribution in [3.63, 3.8) is 0 Å². The molecule has 13 heteroatoms. The Kier molecular flexibility index (Phi) is 12.6. The summed E-state index contributed by atoms with van der Waals surface area (Å²) in [4.78, 5) is 71.3. The summed E-state index contributed by atoms with van der Waals surface area (Å²) in [6, 6.07) is -3.45. The maximum absolute atomic E-state index is 15.0. The second-order valence-electron chi connectivity index (χ2n) is 18.7. The van der Waals surface area contributed by atoms with Gasteiger partial charge in [0, 0.05) is 6.54 Å². The van der Waals surface area contributed by atoms with E-state index in [9.17, 15) is 32.4 Å². The molecule has 0 aromatic heterocycles. The van der Waals surface area contributed by atoms with Crippen LogP contribution in [0.2, 0.25) is 0 Å². The fourth-order valence-corrected chi connectivity index (χ4v) is 11.7. The van der Waals surface area contributed by atoms with Crippen LogP contribution in [0.3, 0.4) is 0 Å². The van der Waals surface area contributed by atoms with Crippen LogP contribution in [-0.4, -0.2) is 90.1 Å². The normalized spacial score (nSPS) is 26.8. The van der Waals surface area contributed by atoms with Gasteiger partial charge in [-0.3, -0.25) is 19.2 Å². The number of carbonyl (C=O) groups excluding carboxylic acids is 5. The van der Waals surface area contributed by atoms with Gasteiger partial charge in [0.1, 0.15) is 12.1 Å². The summed E-state index contributed by atoms with van der Waals surface area (Å²) in [7, 11) is -3.59. The van der Waals surface area contributed by atoms with E-state index in [1.165, 1.54) is 0 Å². The van der Waals surface area contributed by atoms with Crippen LogP contribution in [0, 0.1) is 40.9 Å². The van der Waals surface area contributed by atoms with Crippen molar-refractivity contribution in [3.8, 4) is 12.3 Å². The number of ketones is 1. The van der Waals surface area contributed by atoms with Crippen molar-refractivity contribution in [2.45, 2.75) is 166 Å². The molecule has 0 spiro atoms. The van der Waals surface area contributed by atoms with E-state index in [2.05, 4.69) is 41.0 Å². The van der Waals surface area contributed by atoms with Crippen molar-refractivity contribution in [1.82, 2.24) is 26.2 Å². The van der Waals surface area contributed by atoms with E-state index in [-0.39, 0.29) is 41.4 Å². The highest BCUT2D eigenvalue weighted by Gasteiger charge is 2.70. The summed E-state index contributed by atoms with van der Waals surface area (Å²) in [5, 5.41) is 11.5. The van der Waals surface area contributed by atoms with Crippen LogP contribution >= 0.6 is 0 Å². The van der Waals surface area contributed by atoms with Crippen LogP contribution in [0.25, 0.3) is 0 Å². The number of fused-ring (bicyclic) bond motifs is 1. The van der Waals surface area contributed by atoms with Gasteiger partial charge in [0.2, 0.25) is 17.6 Å². The number of likely N-dealkylation sites (tertiary alicyclic amines) is 1. The first-order chi connectivity index (χ1) is 25.3. The van der Waals surface area contributed by atoms with Crippen LogP contribution in [-0.2, 0) is 29.0 Å². The summed E-state index contributed by atoms with van der Waals surface area (Å²) in [5.41, 5.74) is -1.76. The highest BCUT2D eigenvalue weighted by Crippen LogP contribution is 2.65. The molecule has 0 radical (unpaired) electrons. The molecule has 5 rings (SSSR count). The number of hydrogen-bond donors (Lipinski definition) is 4. The standard InChI is InChI=1S/C41H65N5O7S/c1-8-23-42-35(49)32(47)29(24-27-17-16-18-27)43-34(48)31-30-28(39(30,5)6)25-46(31)36(50)33(40(7)19-12-10-13-20-40)44-37(51)45-41(21-14-11-15-22-41)26-54(52,53)38(3,4)9-2/h1,27-31,33H,9-26H2,2-7H3,(H,42,49)(H,43,48)(H2,44,45,51)/t28?,29?,30?,31-,33?/m0/s1. The third-order valence-corrected chi connectivity index (χ3v) is 17.2. The molecule has 0 bridgehead atoms. The number of rotatable bonds is 15. The second kappa shape index (κ2) is 16.1. The van der Waals surface area contributed by atoms with Crippen molar-refractivity contribution < 1.29 is 32.4 Å². The van der Waals surface area contributed by atoms with Crippen molar-refractivity contribution in [2.75, 3.05) is 18.8 Å². The molecule has 5 amide bonds. The molecule has 0 aromatic rings. The third kappa shape index (κ3) is 8.63. The van der Waals surface area contributed by atoms with Gasteiger partial charge in [-0.05, 0) is 81.0 Å². The molecule has 4 unspecified atom stereocenters. The van der Waals surface area contributed by atoms with E-state index >= 15 is 0 Å². The minimum absolute atomic E-state index is 0.0585. The molecule has 5 aliphatic rings. The Morgan fingerprint density at radius 2 is 1.52 bits per heavy atom. The lowest BCUT2D eigenvalue weighted by Crippen LogP contribution is -2.65. The number of terminal acetylenes is 1. The molecule has 12 nitrogen and oxygen atoms in total. The van der Waals surface area contributed by atoms with E-state index < -0.39 is 67.3 Å². The number of carbonyl (C=O) groups is 5. The fraction of sp³-hybridized carbons (Fsp3) is 0.829. The van der Waals surface area contributed by atoms with Crippen molar-refractivity contribution in [2.24, 2.45) is 28.6 Å². The zero-order valence-electron chi connectivity index (χ0n) is 33.5. The minimum Gasteiger partial charge on any atom is -0.344 e. The SMILES string of the molecule is C#CCNC(=O)C(=O)C(CC1CCC1)NC(=O)[C@@H]1C2C(CN1C(=O)C(NC(=O)NC1(CS(=O)(=O)C(C)(C)CC)CCCCC1)C1(C)CCCCC1)C2(C)C. The maximum atomic E-state index is 15.0. The molecular formula is C41H65N5O7S. The van der Waals surface area contributed by atoms with Gasteiger partial charge >= 0.3 is 6.03 Å². The van der Waals surface area contributed by atoms with E-state index in [1.807, 2.05) is 13.8 Å². The van der Waals surface area contributed by atoms with Crippen LogP contribution in [0.1, 0.15) is 138 Å². The molecule has 0 aromatic carbocycles. The molecule has 1 saturated heterocycles. The minimum atomic E-state index is -3.59. The summed E-state index contributed by atoms with van der Waals surface area (Å²) >= 11 is 0. The van der Waals surface area contributed by atoms with Gasteiger partial charge in [-0.1, -0.05) is 91.4 Å². The zero-order chi connectivity index (χ0) is 39.7. The first-order valence-electron chi connectivity index (χ1n) is 20.5. The summed E-state index contributed by atoms with van der Waals surface area (Å²) < 4.78 is 26.4. The number of urea groups is 1. The van der Waals surface area contributed by atoms with Gasteiger partial charge in [0.25, 0.3) is 5.91 Å². The molecule has 5 atom stereocenters. The predicted octanol–water partition coefficient (Wildman–Crippen LogP) is 4.41. The van der Waals surface area contributed by atoms with Gasteiger partial charge in [-0.2, -0.15) is 0 Å². The van der Waals surface area contributed by atoms with Gasteiger partial charge in [0.05, 0.1) is 28.6 Å². The Morgan fingerprint density at radius 1 is 0.907 bits per heavy atom.